The Morgan fingerprint density at radius 1 is 1.33 bits per heavy atom. The van der Waals surface area contributed by atoms with Crippen molar-refractivity contribution < 1.29 is 39.5 Å². The van der Waals surface area contributed by atoms with Crippen LogP contribution in [-0.4, -0.2) is 10.6 Å². The summed E-state index contributed by atoms with van der Waals surface area (Å²) in [7, 11) is 5.63. The molecule has 0 aliphatic carbocycles. The van der Waals surface area contributed by atoms with E-state index in [4.69, 9.17) is 0 Å². The Bertz CT molecular complexity index is 103. The van der Waals surface area contributed by atoms with E-state index in [9.17, 15) is 9.90 Å². The van der Waals surface area contributed by atoms with Gasteiger partial charge in [-0.15, -0.1) is 0 Å². The molecule has 46 valence electrons. The minimum Gasteiger partial charge on any atom is -0.548 e. The zero-order chi connectivity index (χ0) is 5.98. The van der Waals surface area contributed by atoms with Crippen LogP contribution in [0.4, 0.5) is 0 Å². The number of carbonyl (C=O) groups excluding carboxylic acids is 1. The smallest absolute Gasteiger partial charge is 0.548 e. The van der Waals surface area contributed by atoms with Crippen LogP contribution in [0.1, 0.15) is 0 Å². The van der Waals surface area contributed by atoms with E-state index < -0.39 is 5.97 Å². The molecule has 0 aromatic carbocycles. The largest absolute Gasteiger partial charge is 1.00 e. The van der Waals surface area contributed by atoms with Crippen molar-refractivity contribution in [3.05, 3.63) is 0 Å². The molecule has 1 fully saturated rings. The molecule has 0 saturated carbocycles. The van der Waals surface area contributed by atoms with Crippen LogP contribution in [0.2, 0.25) is 0 Å². The van der Waals surface area contributed by atoms with Crippen molar-refractivity contribution in [1.82, 2.24) is 0 Å². The van der Waals surface area contributed by atoms with Gasteiger partial charge in [-0.05, 0) is 19.7 Å². The van der Waals surface area contributed by atoms with Crippen LogP contribution in [0.25, 0.3) is 0 Å². The molecule has 1 rings (SSSR count). The van der Waals surface area contributed by atoms with Gasteiger partial charge >= 0.3 is 29.6 Å². The van der Waals surface area contributed by atoms with Crippen molar-refractivity contribution in [3.63, 3.8) is 0 Å². The number of hydrogen-bond donors (Lipinski definition) is 0. The molecule has 1 saturated heterocycles. The van der Waals surface area contributed by atoms with E-state index in [1.54, 1.807) is 0 Å². The van der Waals surface area contributed by atoms with Crippen LogP contribution < -0.4 is 34.7 Å². The second kappa shape index (κ2) is 5.51. The van der Waals surface area contributed by atoms with Gasteiger partial charge in [-0.2, -0.15) is 0 Å². The average Bonchev–Trinajstić information content (AvgIpc) is 2.12. The Morgan fingerprint density at radius 3 is 2.00 bits per heavy atom. The first-order valence-electron chi connectivity index (χ1n) is 1.67. The van der Waals surface area contributed by atoms with E-state index in [-0.39, 0.29) is 34.1 Å². The molecule has 2 nitrogen and oxygen atoms in total. The van der Waals surface area contributed by atoms with Gasteiger partial charge in [0.2, 0.25) is 0 Å². The molecule has 0 aromatic rings. The zero-order valence-electron chi connectivity index (χ0n) is 4.53. The second-order valence-electron chi connectivity index (χ2n) is 0.979. The van der Waals surface area contributed by atoms with Crippen LogP contribution in [0.5, 0.6) is 0 Å². The molecule has 0 atom stereocenters. The second-order valence-corrected chi connectivity index (χ2v) is 7.30. The minimum absolute atomic E-state index is 0. The molecule has 0 spiro atoms. The number of aliphatic carboxylic acids is 1. The number of carbonyl (C=O) groups is 1. The van der Waals surface area contributed by atoms with Gasteiger partial charge in [0.25, 0.3) is 0 Å². The van der Waals surface area contributed by atoms with Crippen LogP contribution in [0.15, 0.2) is 0 Å². The normalized spacial score (nSPS) is 19.1. The first-order chi connectivity index (χ1) is 3.80. The fourth-order valence-electron chi connectivity index (χ4n) is 0.198. The Hall–Kier alpha value is 1.87. The first-order valence-corrected chi connectivity index (χ1v) is 6.61. The molecule has 7 heteroatoms. The first kappa shape index (κ1) is 10.9. The van der Waals surface area contributed by atoms with Gasteiger partial charge in [-0.1, -0.05) is 21.6 Å². The molecule has 0 aromatic heterocycles. The van der Waals surface area contributed by atoms with Gasteiger partial charge in [0.15, 0.2) is 0 Å². The number of rotatable bonds is 1. The average molecular weight is 208 g/mol. The van der Waals surface area contributed by atoms with Gasteiger partial charge in [-0.25, -0.2) is 0 Å². The molecule has 0 radical (unpaired) electrons. The molecule has 1 aliphatic rings. The number of hydrogen-bond acceptors (Lipinski definition) is 6. The quantitative estimate of drug-likeness (QED) is 0.358. The third-order valence-electron chi connectivity index (χ3n) is 0.474. The summed E-state index contributed by atoms with van der Waals surface area (Å²) >= 11 is 0. The van der Waals surface area contributed by atoms with E-state index in [2.05, 4.69) is 0 Å². The molecule has 0 bridgehead atoms. The Balaban J connectivity index is 0.000000640. The fraction of sp³-hybridized carbons (Fsp3) is 0.500. The van der Waals surface area contributed by atoms with Gasteiger partial charge in [-0.3, -0.25) is 0 Å². The molecular formula is C2HNaO2S4. The third kappa shape index (κ3) is 3.69. The summed E-state index contributed by atoms with van der Waals surface area (Å²) < 4.78 is -0.370. The third-order valence-corrected chi connectivity index (χ3v) is 7.94. The van der Waals surface area contributed by atoms with Gasteiger partial charge in [0.05, 0.1) is 5.97 Å². The maximum Gasteiger partial charge on any atom is 1.00 e. The molecule has 9 heavy (non-hydrogen) atoms. The van der Waals surface area contributed by atoms with E-state index in [1.807, 2.05) is 0 Å². The van der Waals surface area contributed by atoms with Gasteiger partial charge in [0, 0.05) is 0 Å². The van der Waals surface area contributed by atoms with Crippen molar-refractivity contribution in [2.75, 3.05) is 0 Å². The SMILES string of the molecule is O=C([O-])C1SSSS1.[Na+]. The predicted octanol–water partition coefficient (Wildman–Crippen LogP) is -2.24. The van der Waals surface area contributed by atoms with Crippen molar-refractivity contribution >= 4 is 47.2 Å². The standard InChI is InChI=1S/C2H2O2S4.Na/c3-1(4)2-5-7-8-6-2;/h2H,(H,3,4);/q;+1/p-1. The summed E-state index contributed by atoms with van der Waals surface area (Å²) in [5.74, 6) is -0.975. The van der Waals surface area contributed by atoms with Crippen molar-refractivity contribution in [1.29, 1.82) is 0 Å². The zero-order valence-corrected chi connectivity index (χ0v) is 9.79. The minimum atomic E-state index is -0.975. The molecule has 1 aliphatic heterocycles. The van der Waals surface area contributed by atoms with Crippen LogP contribution in [0, 0.1) is 0 Å². The molecule has 0 amide bonds. The molecule has 0 unspecified atom stereocenters. The van der Waals surface area contributed by atoms with Crippen LogP contribution in [-0.2, 0) is 4.79 Å². The summed E-state index contributed by atoms with van der Waals surface area (Å²) in [6.45, 7) is 0. The van der Waals surface area contributed by atoms with E-state index in [0.717, 1.165) is 0 Å². The van der Waals surface area contributed by atoms with Gasteiger partial charge in [0.1, 0.15) is 4.58 Å². The van der Waals surface area contributed by atoms with Crippen LogP contribution >= 0.6 is 41.2 Å². The molecular weight excluding hydrogens is 207 g/mol. The summed E-state index contributed by atoms with van der Waals surface area (Å²) in [5, 5.41) is 10.0. The van der Waals surface area contributed by atoms with E-state index in [1.165, 1.54) is 41.2 Å². The summed E-state index contributed by atoms with van der Waals surface area (Å²) in [5.41, 5.74) is 0. The van der Waals surface area contributed by atoms with E-state index in [0.29, 0.717) is 0 Å². The predicted molar refractivity (Wildman–Crippen MR) is 39.2 cm³/mol. The monoisotopic (exact) mass is 208 g/mol. The Kier molecular flexibility index (Phi) is 6.66. The van der Waals surface area contributed by atoms with Crippen molar-refractivity contribution in [3.8, 4) is 0 Å². The number of carboxylic acid groups (broad SMARTS) is 1. The van der Waals surface area contributed by atoms with Gasteiger partial charge < -0.3 is 9.90 Å². The van der Waals surface area contributed by atoms with Crippen molar-refractivity contribution in [2.24, 2.45) is 0 Å². The fourth-order valence-corrected chi connectivity index (χ4v) is 8.26. The topological polar surface area (TPSA) is 40.1 Å². The molecule has 1 heterocycles. The maximum absolute atomic E-state index is 10.0. The number of carboxylic acids is 1. The summed E-state index contributed by atoms with van der Waals surface area (Å²) in [4.78, 5) is 10.0. The maximum atomic E-state index is 10.0. The van der Waals surface area contributed by atoms with Crippen molar-refractivity contribution in [2.45, 2.75) is 4.58 Å². The molecule has 0 N–H and O–H groups in total. The van der Waals surface area contributed by atoms with Crippen LogP contribution in [0.3, 0.4) is 0 Å². The Morgan fingerprint density at radius 2 is 1.78 bits per heavy atom. The summed E-state index contributed by atoms with van der Waals surface area (Å²) in [6, 6.07) is 0. The Labute approximate surface area is 90.2 Å². The summed E-state index contributed by atoms with van der Waals surface area (Å²) in [6.07, 6.45) is 0. The van der Waals surface area contributed by atoms with E-state index >= 15 is 0 Å².